The van der Waals surface area contributed by atoms with Gasteiger partial charge >= 0.3 is 6.09 Å². The molecule has 0 spiro atoms. The first-order chi connectivity index (χ1) is 11.2. The van der Waals surface area contributed by atoms with Crippen molar-refractivity contribution in [1.82, 2.24) is 9.80 Å². The van der Waals surface area contributed by atoms with Gasteiger partial charge in [-0.05, 0) is 58.3 Å². The Morgan fingerprint density at radius 2 is 1.80 bits per heavy atom. The molecule has 0 aromatic carbocycles. The molecule has 0 radical (unpaired) electrons. The number of ether oxygens (including phenoxy) is 1. The third-order valence-corrected chi connectivity index (χ3v) is 4.79. The van der Waals surface area contributed by atoms with Crippen molar-refractivity contribution in [2.75, 3.05) is 32.7 Å². The number of aliphatic imine (C=N–C) groups is 1. The average Bonchev–Trinajstić information content (AvgIpc) is 2.52. The summed E-state index contributed by atoms with van der Waals surface area (Å²) in [5.41, 5.74) is 5.71. The molecule has 0 bridgehead atoms. The Labute approximate surface area is 169 Å². The van der Waals surface area contributed by atoms with Crippen LogP contribution in [0.25, 0.3) is 0 Å². The summed E-state index contributed by atoms with van der Waals surface area (Å²) < 4.78 is 5.47. The van der Waals surface area contributed by atoms with Gasteiger partial charge in [-0.1, -0.05) is 6.92 Å². The van der Waals surface area contributed by atoms with Crippen molar-refractivity contribution < 1.29 is 9.53 Å². The second-order valence-corrected chi connectivity index (χ2v) is 8.30. The Morgan fingerprint density at radius 3 is 2.40 bits per heavy atom. The highest BCUT2D eigenvalue weighted by molar-refractivity contribution is 14.0. The number of halogens is 1. The average molecular weight is 466 g/mol. The Kier molecular flexibility index (Phi) is 8.77. The fourth-order valence-corrected chi connectivity index (χ4v) is 3.27. The largest absolute Gasteiger partial charge is 0.444 e. The Hall–Kier alpha value is -0.730. The predicted molar refractivity (Wildman–Crippen MR) is 112 cm³/mol. The van der Waals surface area contributed by atoms with Crippen molar-refractivity contribution >= 4 is 36.0 Å². The molecule has 6 nitrogen and oxygen atoms in total. The molecule has 146 valence electrons. The van der Waals surface area contributed by atoms with Crippen molar-refractivity contribution in [3.8, 4) is 0 Å². The lowest BCUT2D eigenvalue weighted by Crippen LogP contribution is -2.44. The van der Waals surface area contributed by atoms with E-state index in [0.29, 0.717) is 25.0 Å². The van der Waals surface area contributed by atoms with Gasteiger partial charge in [0.15, 0.2) is 5.96 Å². The maximum Gasteiger partial charge on any atom is 0.410 e. The van der Waals surface area contributed by atoms with Gasteiger partial charge in [0, 0.05) is 32.7 Å². The van der Waals surface area contributed by atoms with Crippen molar-refractivity contribution in [3.05, 3.63) is 0 Å². The lowest BCUT2D eigenvalue weighted by Gasteiger charge is -2.34. The van der Waals surface area contributed by atoms with Crippen molar-refractivity contribution in [2.45, 2.75) is 59.0 Å². The maximum absolute atomic E-state index is 12.2. The Morgan fingerprint density at radius 1 is 1.16 bits per heavy atom. The van der Waals surface area contributed by atoms with Crippen LogP contribution in [0.2, 0.25) is 0 Å². The topological polar surface area (TPSA) is 71.2 Å². The third kappa shape index (κ3) is 7.58. The first-order valence-corrected chi connectivity index (χ1v) is 9.27. The fraction of sp³-hybridized carbons (Fsp3) is 0.889. The number of hydrogen-bond acceptors (Lipinski definition) is 3. The van der Waals surface area contributed by atoms with Crippen molar-refractivity contribution in [1.29, 1.82) is 0 Å². The minimum Gasteiger partial charge on any atom is -0.444 e. The van der Waals surface area contributed by atoms with Gasteiger partial charge in [0.05, 0.1) is 0 Å². The highest BCUT2D eigenvalue weighted by Crippen LogP contribution is 2.20. The molecular weight excluding hydrogens is 431 g/mol. The molecule has 7 heteroatoms. The van der Waals surface area contributed by atoms with Crippen molar-refractivity contribution in [3.63, 3.8) is 0 Å². The summed E-state index contributed by atoms with van der Waals surface area (Å²) in [6.45, 7) is 12.2. The first kappa shape index (κ1) is 22.3. The zero-order valence-electron chi connectivity index (χ0n) is 16.2. The monoisotopic (exact) mass is 466 g/mol. The van der Waals surface area contributed by atoms with Crippen LogP contribution < -0.4 is 5.73 Å². The lowest BCUT2D eigenvalue weighted by molar-refractivity contribution is 0.0170. The fourth-order valence-electron chi connectivity index (χ4n) is 3.27. The van der Waals surface area contributed by atoms with E-state index in [1.54, 1.807) is 0 Å². The van der Waals surface area contributed by atoms with Crippen LogP contribution in [-0.4, -0.2) is 60.2 Å². The minimum atomic E-state index is -0.446. The predicted octanol–water partition coefficient (Wildman–Crippen LogP) is 3.30. The Balaban J connectivity index is 0.00000312. The summed E-state index contributed by atoms with van der Waals surface area (Å²) in [6.07, 6.45) is 4.25. The van der Waals surface area contributed by atoms with Crippen LogP contribution in [0, 0.1) is 11.8 Å². The number of rotatable bonds is 2. The van der Waals surface area contributed by atoms with Crippen LogP contribution in [0.3, 0.4) is 0 Å². The van der Waals surface area contributed by atoms with Crippen LogP contribution in [0.1, 0.15) is 53.4 Å². The zero-order valence-corrected chi connectivity index (χ0v) is 18.5. The number of amides is 1. The smallest absolute Gasteiger partial charge is 0.410 e. The summed E-state index contributed by atoms with van der Waals surface area (Å²) >= 11 is 0. The van der Waals surface area contributed by atoms with Crippen LogP contribution in [0.15, 0.2) is 4.99 Å². The molecule has 2 heterocycles. The van der Waals surface area contributed by atoms with E-state index < -0.39 is 5.60 Å². The van der Waals surface area contributed by atoms with Gasteiger partial charge in [0.1, 0.15) is 5.60 Å². The van der Waals surface area contributed by atoms with Crippen LogP contribution in [0.5, 0.6) is 0 Å². The first-order valence-electron chi connectivity index (χ1n) is 9.27. The molecule has 2 aliphatic heterocycles. The number of likely N-dealkylation sites (tertiary alicyclic amines) is 2. The number of nitrogens with zero attached hydrogens (tertiary/aromatic N) is 3. The van der Waals surface area contributed by atoms with Gasteiger partial charge in [-0.2, -0.15) is 0 Å². The minimum absolute atomic E-state index is 0. The van der Waals surface area contributed by atoms with Crippen LogP contribution >= 0.6 is 24.0 Å². The molecule has 0 aromatic rings. The number of piperidine rings is 2. The number of carbonyl (C=O) groups excluding carboxylic acids is 1. The number of guanidine groups is 1. The lowest BCUT2D eigenvalue weighted by atomic mass is 9.98. The SMILES string of the molecule is CC1CCN(C(N)=NCC2CCCN(C(=O)OC(C)(C)C)C2)CC1.I. The zero-order chi connectivity index (χ0) is 17.7. The molecule has 1 atom stereocenters. The highest BCUT2D eigenvalue weighted by atomic mass is 127. The summed E-state index contributed by atoms with van der Waals surface area (Å²) in [6, 6.07) is 0. The number of hydrogen-bond donors (Lipinski definition) is 1. The summed E-state index contributed by atoms with van der Waals surface area (Å²) in [5, 5.41) is 0. The number of carbonyl (C=O) groups is 1. The van der Waals surface area contributed by atoms with E-state index in [1.165, 1.54) is 12.8 Å². The summed E-state index contributed by atoms with van der Waals surface area (Å²) in [4.78, 5) is 20.8. The van der Waals surface area contributed by atoms with E-state index in [-0.39, 0.29) is 30.1 Å². The molecular formula is C18H35IN4O2. The van der Waals surface area contributed by atoms with E-state index in [9.17, 15) is 4.79 Å². The van der Waals surface area contributed by atoms with Gasteiger partial charge in [-0.25, -0.2) is 4.79 Å². The van der Waals surface area contributed by atoms with Crippen LogP contribution in [-0.2, 0) is 4.74 Å². The molecule has 1 amide bonds. The van der Waals surface area contributed by atoms with Gasteiger partial charge in [0.25, 0.3) is 0 Å². The standard InChI is InChI=1S/C18H34N4O2.HI/c1-14-7-10-21(11-8-14)16(19)20-12-15-6-5-9-22(13-15)17(23)24-18(2,3)4;/h14-15H,5-13H2,1-4H3,(H2,19,20);1H. The molecule has 25 heavy (non-hydrogen) atoms. The quantitative estimate of drug-likeness (QED) is 0.385. The van der Waals surface area contributed by atoms with E-state index in [0.717, 1.165) is 38.4 Å². The second-order valence-electron chi connectivity index (χ2n) is 8.30. The van der Waals surface area contributed by atoms with Gasteiger partial charge in [-0.3, -0.25) is 4.99 Å². The van der Waals surface area contributed by atoms with E-state index in [4.69, 9.17) is 10.5 Å². The van der Waals surface area contributed by atoms with E-state index >= 15 is 0 Å². The molecule has 2 rings (SSSR count). The molecule has 2 N–H and O–H groups in total. The molecule has 0 aromatic heterocycles. The maximum atomic E-state index is 12.2. The van der Waals surface area contributed by atoms with Gasteiger partial charge in [0.2, 0.25) is 0 Å². The summed E-state index contributed by atoms with van der Waals surface area (Å²) in [7, 11) is 0. The summed E-state index contributed by atoms with van der Waals surface area (Å²) in [5.74, 6) is 1.82. The normalized spacial score (nSPS) is 23.2. The van der Waals surface area contributed by atoms with E-state index in [2.05, 4.69) is 16.8 Å². The molecule has 1 unspecified atom stereocenters. The highest BCUT2D eigenvalue weighted by Gasteiger charge is 2.27. The van der Waals surface area contributed by atoms with Gasteiger partial charge in [-0.15, -0.1) is 24.0 Å². The Bertz CT molecular complexity index is 456. The molecule has 0 aliphatic carbocycles. The molecule has 2 aliphatic rings. The molecule has 2 saturated heterocycles. The van der Waals surface area contributed by atoms with Crippen molar-refractivity contribution in [2.24, 2.45) is 22.6 Å². The second kappa shape index (κ2) is 9.83. The van der Waals surface area contributed by atoms with Gasteiger partial charge < -0.3 is 20.3 Å². The van der Waals surface area contributed by atoms with E-state index in [1.807, 2.05) is 25.7 Å². The third-order valence-electron chi connectivity index (χ3n) is 4.79. The number of nitrogens with two attached hydrogens (primary N) is 1. The van der Waals surface area contributed by atoms with Crippen LogP contribution in [0.4, 0.5) is 4.79 Å². The molecule has 2 fully saturated rings. The molecule has 0 saturated carbocycles.